The molecule has 0 aliphatic carbocycles. The molecule has 3 heteroatoms. The van der Waals surface area contributed by atoms with Crippen LogP contribution in [0.4, 0.5) is 17.1 Å². The van der Waals surface area contributed by atoms with Crippen LogP contribution in [-0.2, 0) is 0 Å². The summed E-state index contributed by atoms with van der Waals surface area (Å²) in [5, 5.41) is 2.34. The summed E-state index contributed by atoms with van der Waals surface area (Å²) in [5.41, 5.74) is 5.54. The third-order valence-electron chi connectivity index (χ3n) is 5.10. The van der Waals surface area contributed by atoms with Crippen LogP contribution in [0.15, 0.2) is 71.1 Å². The van der Waals surface area contributed by atoms with Gasteiger partial charge < -0.3 is 14.2 Å². The van der Waals surface area contributed by atoms with Crippen LogP contribution in [0, 0.1) is 0 Å². The molecule has 2 heterocycles. The molecular formula is C21H18N2O. The van der Waals surface area contributed by atoms with Crippen molar-refractivity contribution in [3.05, 3.63) is 66.7 Å². The summed E-state index contributed by atoms with van der Waals surface area (Å²) < 4.78 is 6.06. The molecule has 1 aliphatic rings. The maximum absolute atomic E-state index is 6.06. The minimum absolute atomic E-state index is 0.268. The molecule has 1 aliphatic heterocycles. The zero-order chi connectivity index (χ0) is 16.3. The van der Waals surface area contributed by atoms with Crippen LogP contribution in [0.3, 0.4) is 0 Å². The first-order chi connectivity index (χ1) is 11.7. The predicted molar refractivity (Wildman–Crippen MR) is 100 cm³/mol. The van der Waals surface area contributed by atoms with Gasteiger partial charge in [-0.3, -0.25) is 0 Å². The van der Waals surface area contributed by atoms with Gasteiger partial charge in [-0.2, -0.15) is 0 Å². The third kappa shape index (κ3) is 1.72. The SMILES string of the molecule is C[C@H]1N(C)c2ccccc2N1c1ccc2c(c1)oc1ccccc12. The Hall–Kier alpha value is -2.94. The fourth-order valence-electron chi connectivity index (χ4n) is 3.76. The van der Waals surface area contributed by atoms with E-state index in [2.05, 4.69) is 78.4 Å². The van der Waals surface area contributed by atoms with E-state index in [1.165, 1.54) is 22.1 Å². The van der Waals surface area contributed by atoms with Crippen molar-refractivity contribution in [1.29, 1.82) is 0 Å². The average molecular weight is 314 g/mol. The molecule has 1 aromatic heterocycles. The molecule has 0 N–H and O–H groups in total. The molecule has 24 heavy (non-hydrogen) atoms. The molecule has 0 saturated carbocycles. The quantitative estimate of drug-likeness (QED) is 0.461. The molecule has 0 saturated heterocycles. The monoisotopic (exact) mass is 314 g/mol. The Morgan fingerprint density at radius 1 is 0.792 bits per heavy atom. The maximum Gasteiger partial charge on any atom is 0.137 e. The van der Waals surface area contributed by atoms with Crippen LogP contribution < -0.4 is 9.80 Å². The van der Waals surface area contributed by atoms with E-state index >= 15 is 0 Å². The van der Waals surface area contributed by atoms with Crippen LogP contribution in [0.5, 0.6) is 0 Å². The number of benzene rings is 3. The van der Waals surface area contributed by atoms with E-state index in [4.69, 9.17) is 4.42 Å². The normalized spacial score (nSPS) is 17.0. The first-order valence-corrected chi connectivity index (χ1v) is 8.26. The first kappa shape index (κ1) is 13.5. The number of hydrogen-bond donors (Lipinski definition) is 0. The fraction of sp³-hybridized carbons (Fsp3) is 0.143. The number of anilines is 3. The second-order valence-electron chi connectivity index (χ2n) is 6.38. The van der Waals surface area contributed by atoms with Crippen molar-refractivity contribution in [1.82, 2.24) is 0 Å². The minimum atomic E-state index is 0.268. The third-order valence-corrected chi connectivity index (χ3v) is 5.10. The molecule has 0 bridgehead atoms. The van der Waals surface area contributed by atoms with E-state index in [0.29, 0.717) is 0 Å². The topological polar surface area (TPSA) is 19.6 Å². The van der Waals surface area contributed by atoms with E-state index in [-0.39, 0.29) is 6.17 Å². The van der Waals surface area contributed by atoms with Gasteiger partial charge in [0.25, 0.3) is 0 Å². The van der Waals surface area contributed by atoms with Crippen LogP contribution in [0.1, 0.15) is 6.92 Å². The number of fused-ring (bicyclic) bond motifs is 4. The van der Waals surface area contributed by atoms with Crippen molar-refractivity contribution in [2.45, 2.75) is 13.1 Å². The molecule has 1 atom stereocenters. The van der Waals surface area contributed by atoms with E-state index in [1.54, 1.807) is 0 Å². The highest BCUT2D eigenvalue weighted by Gasteiger charge is 2.31. The summed E-state index contributed by atoms with van der Waals surface area (Å²) in [5.74, 6) is 0. The molecule has 0 amide bonds. The zero-order valence-electron chi connectivity index (χ0n) is 13.7. The van der Waals surface area contributed by atoms with Gasteiger partial charge in [0.05, 0.1) is 11.4 Å². The Kier molecular flexibility index (Phi) is 2.69. The van der Waals surface area contributed by atoms with Gasteiger partial charge in [-0.25, -0.2) is 0 Å². The van der Waals surface area contributed by atoms with Gasteiger partial charge in [0.15, 0.2) is 0 Å². The van der Waals surface area contributed by atoms with E-state index in [1.807, 2.05) is 12.1 Å². The molecule has 4 aromatic rings. The van der Waals surface area contributed by atoms with Gasteiger partial charge in [0.2, 0.25) is 0 Å². The molecule has 5 rings (SSSR count). The summed E-state index contributed by atoms with van der Waals surface area (Å²) >= 11 is 0. The summed E-state index contributed by atoms with van der Waals surface area (Å²) in [6, 6.07) is 23.3. The van der Waals surface area contributed by atoms with Crippen molar-refractivity contribution < 1.29 is 4.42 Å². The average Bonchev–Trinajstić information content (AvgIpc) is 3.10. The lowest BCUT2D eigenvalue weighted by Gasteiger charge is -2.27. The maximum atomic E-state index is 6.06. The highest BCUT2D eigenvalue weighted by atomic mass is 16.3. The fourth-order valence-corrected chi connectivity index (χ4v) is 3.76. The number of rotatable bonds is 1. The largest absolute Gasteiger partial charge is 0.456 e. The summed E-state index contributed by atoms with van der Waals surface area (Å²) in [6.45, 7) is 2.23. The molecule has 0 radical (unpaired) electrons. The predicted octanol–water partition coefficient (Wildman–Crippen LogP) is 5.52. The zero-order valence-corrected chi connectivity index (χ0v) is 13.7. The van der Waals surface area contributed by atoms with Crippen molar-refractivity contribution >= 4 is 39.0 Å². The van der Waals surface area contributed by atoms with Gasteiger partial charge in [-0.05, 0) is 37.3 Å². The van der Waals surface area contributed by atoms with Crippen molar-refractivity contribution in [2.24, 2.45) is 0 Å². The molecule has 3 nitrogen and oxygen atoms in total. The van der Waals surface area contributed by atoms with Gasteiger partial charge in [-0.1, -0.05) is 30.3 Å². The van der Waals surface area contributed by atoms with Crippen LogP contribution in [0.2, 0.25) is 0 Å². The summed E-state index contributed by atoms with van der Waals surface area (Å²) in [4.78, 5) is 4.67. The minimum Gasteiger partial charge on any atom is -0.456 e. The Morgan fingerprint density at radius 3 is 2.38 bits per heavy atom. The Balaban J connectivity index is 1.71. The van der Waals surface area contributed by atoms with E-state index < -0.39 is 0 Å². The van der Waals surface area contributed by atoms with Crippen molar-refractivity contribution in [3.63, 3.8) is 0 Å². The second kappa shape index (κ2) is 4.78. The highest BCUT2D eigenvalue weighted by Crippen LogP contribution is 2.44. The number of furan rings is 1. The standard InChI is InChI=1S/C21H18N2O/c1-14-22(2)18-8-4-5-9-19(18)23(14)15-11-12-17-16-7-3-6-10-20(16)24-21(17)13-15/h3-14H,1-2H3/t14-/m0/s1. The lowest BCUT2D eigenvalue weighted by atomic mass is 10.1. The smallest absolute Gasteiger partial charge is 0.137 e. The molecule has 0 unspecified atom stereocenters. The van der Waals surface area contributed by atoms with Gasteiger partial charge in [0, 0.05) is 29.6 Å². The van der Waals surface area contributed by atoms with Gasteiger partial charge in [-0.15, -0.1) is 0 Å². The molecule has 3 aromatic carbocycles. The molecular weight excluding hydrogens is 296 g/mol. The Morgan fingerprint density at radius 2 is 1.50 bits per heavy atom. The lowest BCUT2D eigenvalue weighted by molar-refractivity contribution is 0.668. The van der Waals surface area contributed by atoms with Crippen LogP contribution in [0.25, 0.3) is 21.9 Å². The molecule has 0 spiro atoms. The van der Waals surface area contributed by atoms with Crippen LogP contribution in [-0.4, -0.2) is 13.2 Å². The van der Waals surface area contributed by atoms with Crippen LogP contribution >= 0.6 is 0 Å². The Labute approximate surface area is 140 Å². The summed E-state index contributed by atoms with van der Waals surface area (Å²) in [7, 11) is 2.14. The summed E-state index contributed by atoms with van der Waals surface area (Å²) in [6.07, 6.45) is 0.268. The Bertz CT molecular complexity index is 1070. The van der Waals surface area contributed by atoms with Crippen molar-refractivity contribution in [3.8, 4) is 0 Å². The number of nitrogens with zero attached hydrogens (tertiary/aromatic N) is 2. The van der Waals surface area contributed by atoms with E-state index in [9.17, 15) is 0 Å². The van der Waals surface area contributed by atoms with E-state index in [0.717, 1.165) is 16.9 Å². The molecule has 118 valence electrons. The van der Waals surface area contributed by atoms with Gasteiger partial charge >= 0.3 is 0 Å². The number of hydrogen-bond acceptors (Lipinski definition) is 3. The highest BCUT2D eigenvalue weighted by molar-refractivity contribution is 6.06. The van der Waals surface area contributed by atoms with Gasteiger partial charge in [0.1, 0.15) is 17.3 Å². The number of para-hydroxylation sites is 3. The van der Waals surface area contributed by atoms with Crippen molar-refractivity contribution in [2.75, 3.05) is 16.8 Å². The molecule has 0 fully saturated rings. The second-order valence-corrected chi connectivity index (χ2v) is 6.38. The lowest BCUT2D eigenvalue weighted by Crippen LogP contribution is -2.35. The first-order valence-electron chi connectivity index (χ1n) is 8.26.